The van der Waals surface area contributed by atoms with E-state index in [9.17, 15) is 9.59 Å². The number of esters is 1. The first kappa shape index (κ1) is 12.6. The quantitative estimate of drug-likeness (QED) is 0.835. The Morgan fingerprint density at radius 2 is 1.94 bits per heavy atom. The van der Waals surface area contributed by atoms with Crippen molar-refractivity contribution in [2.75, 3.05) is 0 Å². The van der Waals surface area contributed by atoms with Gasteiger partial charge in [0.2, 0.25) is 0 Å². The molecular formula is C14H16O4. The van der Waals surface area contributed by atoms with E-state index in [1.165, 1.54) is 5.56 Å². The third-order valence-electron chi connectivity index (χ3n) is 3.26. The van der Waals surface area contributed by atoms with Crippen LogP contribution in [-0.2, 0) is 14.3 Å². The van der Waals surface area contributed by atoms with Gasteiger partial charge in [-0.15, -0.1) is 0 Å². The van der Waals surface area contributed by atoms with Gasteiger partial charge >= 0.3 is 11.9 Å². The summed E-state index contributed by atoms with van der Waals surface area (Å²) in [5.74, 6) is -1.79. The Balaban J connectivity index is 2.24. The third kappa shape index (κ3) is 2.37. The normalized spacial score (nSPS) is 23.2. The van der Waals surface area contributed by atoms with Gasteiger partial charge in [0.05, 0.1) is 6.42 Å². The summed E-state index contributed by atoms with van der Waals surface area (Å²) in [6.45, 7) is 4.18. The average molecular weight is 248 g/mol. The molecule has 4 heteroatoms. The van der Waals surface area contributed by atoms with Crippen molar-refractivity contribution in [2.45, 2.75) is 32.3 Å². The van der Waals surface area contributed by atoms with E-state index in [4.69, 9.17) is 9.84 Å². The number of aliphatic carboxylic acids is 1. The molecular weight excluding hydrogens is 232 g/mol. The van der Waals surface area contributed by atoms with E-state index in [-0.39, 0.29) is 6.42 Å². The van der Waals surface area contributed by atoms with Crippen molar-refractivity contribution >= 4 is 11.9 Å². The summed E-state index contributed by atoms with van der Waals surface area (Å²) < 4.78 is 5.10. The highest BCUT2D eigenvalue weighted by Gasteiger charge is 2.40. The minimum Gasteiger partial charge on any atom is -0.481 e. The summed E-state index contributed by atoms with van der Waals surface area (Å²) in [6.07, 6.45) is -0.706. The van der Waals surface area contributed by atoms with E-state index in [0.717, 1.165) is 5.56 Å². The minimum absolute atomic E-state index is 0.0497. The zero-order valence-corrected chi connectivity index (χ0v) is 10.4. The van der Waals surface area contributed by atoms with Gasteiger partial charge in [0.15, 0.2) is 0 Å². The van der Waals surface area contributed by atoms with Gasteiger partial charge in [0.1, 0.15) is 12.0 Å². The van der Waals surface area contributed by atoms with Crippen LogP contribution < -0.4 is 0 Å². The number of carbonyl (C=O) groups is 2. The zero-order valence-electron chi connectivity index (χ0n) is 10.4. The van der Waals surface area contributed by atoms with Crippen LogP contribution in [0.4, 0.5) is 0 Å². The first-order valence-electron chi connectivity index (χ1n) is 6.01. The lowest BCUT2D eigenvalue weighted by Gasteiger charge is -2.15. The van der Waals surface area contributed by atoms with Crippen molar-refractivity contribution in [3.63, 3.8) is 0 Å². The fourth-order valence-electron chi connectivity index (χ4n) is 2.15. The first-order chi connectivity index (χ1) is 8.49. The summed E-state index contributed by atoms with van der Waals surface area (Å²) >= 11 is 0. The number of cyclic esters (lactones) is 1. The molecule has 18 heavy (non-hydrogen) atoms. The first-order valence-corrected chi connectivity index (χ1v) is 6.01. The molecule has 96 valence electrons. The van der Waals surface area contributed by atoms with Gasteiger partial charge in [0, 0.05) is 0 Å². The van der Waals surface area contributed by atoms with Crippen LogP contribution >= 0.6 is 0 Å². The molecule has 0 aromatic heterocycles. The molecule has 1 heterocycles. The average Bonchev–Trinajstić information content (AvgIpc) is 2.71. The molecule has 1 aliphatic rings. The number of carbonyl (C=O) groups excluding carboxylic acids is 1. The van der Waals surface area contributed by atoms with Crippen LogP contribution in [0.3, 0.4) is 0 Å². The lowest BCUT2D eigenvalue weighted by atomic mass is 9.93. The van der Waals surface area contributed by atoms with Crippen molar-refractivity contribution in [1.29, 1.82) is 0 Å². The second-order valence-electron chi connectivity index (χ2n) is 4.88. The Kier molecular flexibility index (Phi) is 3.36. The number of benzene rings is 1. The Labute approximate surface area is 106 Å². The van der Waals surface area contributed by atoms with Crippen molar-refractivity contribution in [1.82, 2.24) is 0 Å². The van der Waals surface area contributed by atoms with Crippen molar-refractivity contribution in [3.05, 3.63) is 35.4 Å². The Morgan fingerprint density at radius 1 is 1.33 bits per heavy atom. The van der Waals surface area contributed by atoms with Gasteiger partial charge in [-0.25, -0.2) is 0 Å². The standard InChI is InChI=1S/C14H16O4/c1-8(2)9-3-5-10(6-4-9)13-11(14(16)17)7-12(15)18-13/h3-6,8,11,13H,7H2,1-2H3,(H,16,17). The maximum Gasteiger partial charge on any atom is 0.311 e. The zero-order chi connectivity index (χ0) is 13.3. The van der Waals surface area contributed by atoms with Gasteiger partial charge in [-0.2, -0.15) is 0 Å². The van der Waals surface area contributed by atoms with Crippen molar-refractivity contribution < 1.29 is 19.4 Å². The fraction of sp³-hybridized carbons (Fsp3) is 0.429. The molecule has 0 radical (unpaired) electrons. The SMILES string of the molecule is CC(C)c1ccc(C2OC(=O)CC2C(=O)O)cc1. The third-order valence-corrected chi connectivity index (χ3v) is 3.26. The van der Waals surface area contributed by atoms with E-state index in [1.807, 2.05) is 24.3 Å². The predicted molar refractivity (Wildman–Crippen MR) is 65.1 cm³/mol. The molecule has 2 atom stereocenters. The predicted octanol–water partition coefficient (Wildman–Crippen LogP) is 2.50. The summed E-state index contributed by atoms with van der Waals surface area (Å²) in [6, 6.07) is 7.58. The van der Waals surface area contributed by atoms with E-state index in [2.05, 4.69) is 13.8 Å². The van der Waals surface area contributed by atoms with Crippen LogP contribution in [0.2, 0.25) is 0 Å². The van der Waals surface area contributed by atoms with Crippen molar-refractivity contribution in [3.8, 4) is 0 Å². The smallest absolute Gasteiger partial charge is 0.311 e. The molecule has 0 spiro atoms. The van der Waals surface area contributed by atoms with Crippen LogP contribution in [0.15, 0.2) is 24.3 Å². The number of hydrogen-bond acceptors (Lipinski definition) is 3. The van der Waals surface area contributed by atoms with Crippen LogP contribution in [0.1, 0.15) is 43.4 Å². The molecule has 1 aromatic rings. The molecule has 0 amide bonds. The van der Waals surface area contributed by atoms with E-state index >= 15 is 0 Å². The van der Waals surface area contributed by atoms with Gasteiger partial charge in [-0.05, 0) is 17.0 Å². The largest absolute Gasteiger partial charge is 0.481 e. The highest BCUT2D eigenvalue weighted by atomic mass is 16.6. The summed E-state index contributed by atoms with van der Waals surface area (Å²) in [7, 11) is 0. The van der Waals surface area contributed by atoms with Gasteiger partial charge < -0.3 is 9.84 Å². The Bertz CT molecular complexity index is 461. The molecule has 1 N–H and O–H groups in total. The summed E-state index contributed by atoms with van der Waals surface area (Å²) in [4.78, 5) is 22.3. The second-order valence-corrected chi connectivity index (χ2v) is 4.88. The molecule has 0 saturated carbocycles. The van der Waals surface area contributed by atoms with Crippen molar-refractivity contribution in [2.24, 2.45) is 5.92 Å². The lowest BCUT2D eigenvalue weighted by Crippen LogP contribution is -2.17. The van der Waals surface area contributed by atoms with E-state index < -0.39 is 24.0 Å². The summed E-state index contributed by atoms with van der Waals surface area (Å²) in [5, 5.41) is 9.07. The maximum absolute atomic E-state index is 11.2. The van der Waals surface area contributed by atoms with E-state index in [0.29, 0.717) is 5.92 Å². The second kappa shape index (κ2) is 4.80. The molecule has 1 aliphatic heterocycles. The Morgan fingerprint density at radius 3 is 2.44 bits per heavy atom. The molecule has 4 nitrogen and oxygen atoms in total. The highest BCUT2D eigenvalue weighted by molar-refractivity contribution is 5.82. The number of carboxylic acid groups (broad SMARTS) is 1. The van der Waals surface area contributed by atoms with Crippen LogP contribution in [0.25, 0.3) is 0 Å². The van der Waals surface area contributed by atoms with Crippen LogP contribution in [-0.4, -0.2) is 17.0 Å². The van der Waals surface area contributed by atoms with Gasteiger partial charge in [-0.1, -0.05) is 38.1 Å². The molecule has 1 saturated heterocycles. The molecule has 1 aromatic carbocycles. The van der Waals surface area contributed by atoms with Crippen LogP contribution in [0.5, 0.6) is 0 Å². The molecule has 0 bridgehead atoms. The topological polar surface area (TPSA) is 63.6 Å². The van der Waals surface area contributed by atoms with Gasteiger partial charge in [-0.3, -0.25) is 9.59 Å². The number of rotatable bonds is 3. The molecule has 0 aliphatic carbocycles. The van der Waals surface area contributed by atoms with Gasteiger partial charge in [0.25, 0.3) is 0 Å². The molecule has 2 unspecified atom stereocenters. The number of hydrogen-bond donors (Lipinski definition) is 1. The Hall–Kier alpha value is -1.84. The minimum atomic E-state index is -0.987. The monoisotopic (exact) mass is 248 g/mol. The summed E-state index contributed by atoms with van der Waals surface area (Å²) in [5.41, 5.74) is 1.92. The fourth-order valence-corrected chi connectivity index (χ4v) is 2.15. The lowest BCUT2D eigenvalue weighted by molar-refractivity contribution is -0.144. The molecule has 1 fully saturated rings. The number of ether oxygens (including phenoxy) is 1. The van der Waals surface area contributed by atoms with E-state index in [1.54, 1.807) is 0 Å². The number of carboxylic acids is 1. The highest BCUT2D eigenvalue weighted by Crippen LogP contribution is 2.35. The van der Waals surface area contributed by atoms with Crippen LogP contribution in [0, 0.1) is 5.92 Å². The maximum atomic E-state index is 11.2. The molecule has 2 rings (SSSR count).